The molecule has 2 aliphatic carbocycles. The molecule has 0 aliphatic heterocycles. The number of amides is 1. The van der Waals surface area contributed by atoms with Gasteiger partial charge in [0.15, 0.2) is 0 Å². The quantitative estimate of drug-likeness (QED) is 0.650. The molecule has 1 aromatic rings. The summed E-state index contributed by atoms with van der Waals surface area (Å²) in [4.78, 5) is 13.4. The Bertz CT molecular complexity index is 489. The second-order valence-corrected chi connectivity index (χ2v) is 6.57. The number of hydrogen-bond donors (Lipinski definition) is 1. The van der Waals surface area contributed by atoms with E-state index >= 15 is 0 Å². The fourth-order valence-electron chi connectivity index (χ4n) is 3.01. The normalized spacial score (nSPS) is 27.7. The summed E-state index contributed by atoms with van der Waals surface area (Å²) >= 11 is 1.71. The number of benzene rings is 1. The van der Waals surface area contributed by atoms with Crippen molar-refractivity contribution in [2.75, 3.05) is 11.1 Å². The largest absolute Gasteiger partial charge is 0.325 e. The molecule has 2 atom stereocenters. The summed E-state index contributed by atoms with van der Waals surface area (Å²) in [7, 11) is 0. The average molecular weight is 273 g/mol. The number of carbonyl (C=O) groups is 1. The molecule has 2 unspecified atom stereocenters. The third-order valence-corrected chi connectivity index (χ3v) is 5.19. The van der Waals surface area contributed by atoms with Gasteiger partial charge in [-0.1, -0.05) is 18.2 Å². The van der Waals surface area contributed by atoms with Gasteiger partial charge in [0.2, 0.25) is 5.91 Å². The van der Waals surface area contributed by atoms with E-state index in [0.717, 1.165) is 41.0 Å². The lowest BCUT2D eigenvalue weighted by atomic mass is 10.0. The molecule has 3 heteroatoms. The van der Waals surface area contributed by atoms with Crippen molar-refractivity contribution in [2.24, 2.45) is 17.8 Å². The molecule has 2 saturated carbocycles. The standard InChI is InChI=1S/C16H19NOS/c1-2-7-19-15-6-4-3-5-14(15)17-16(18)13-9-11-8-12(11)10-13/h2-6,11-13H,1,7-10H2,(H,17,18). The maximum atomic E-state index is 12.3. The summed E-state index contributed by atoms with van der Waals surface area (Å²) in [5.74, 6) is 3.00. The van der Waals surface area contributed by atoms with E-state index in [0.29, 0.717) is 0 Å². The zero-order valence-corrected chi connectivity index (χ0v) is 11.8. The summed E-state index contributed by atoms with van der Waals surface area (Å²) < 4.78 is 0. The fourth-order valence-corrected chi connectivity index (χ4v) is 3.75. The number of carbonyl (C=O) groups excluding carboxylic acids is 1. The molecule has 1 amide bonds. The Morgan fingerprint density at radius 1 is 1.32 bits per heavy atom. The maximum absolute atomic E-state index is 12.3. The van der Waals surface area contributed by atoms with Gasteiger partial charge in [-0.2, -0.15) is 0 Å². The van der Waals surface area contributed by atoms with Crippen LogP contribution in [0.25, 0.3) is 0 Å². The lowest BCUT2D eigenvalue weighted by Crippen LogP contribution is -2.21. The molecule has 1 aromatic carbocycles. The van der Waals surface area contributed by atoms with Crippen molar-refractivity contribution in [3.05, 3.63) is 36.9 Å². The third kappa shape index (κ3) is 2.86. The number of para-hydroxylation sites is 1. The van der Waals surface area contributed by atoms with Crippen molar-refractivity contribution in [3.8, 4) is 0 Å². The summed E-state index contributed by atoms with van der Waals surface area (Å²) in [5.41, 5.74) is 0.944. The van der Waals surface area contributed by atoms with Crippen LogP contribution in [0.5, 0.6) is 0 Å². The Balaban J connectivity index is 1.64. The van der Waals surface area contributed by atoms with Crippen LogP contribution >= 0.6 is 11.8 Å². The first-order chi connectivity index (χ1) is 9.28. The van der Waals surface area contributed by atoms with E-state index in [2.05, 4.69) is 18.0 Å². The molecule has 2 nitrogen and oxygen atoms in total. The molecule has 0 heterocycles. The van der Waals surface area contributed by atoms with Gasteiger partial charge in [0.25, 0.3) is 0 Å². The highest BCUT2D eigenvalue weighted by molar-refractivity contribution is 7.99. The topological polar surface area (TPSA) is 29.1 Å². The molecule has 3 rings (SSSR count). The van der Waals surface area contributed by atoms with E-state index in [1.807, 2.05) is 24.3 Å². The first kappa shape index (κ1) is 12.8. The molecule has 2 aliphatic rings. The Kier molecular flexibility index (Phi) is 3.65. The highest BCUT2D eigenvalue weighted by Crippen LogP contribution is 2.54. The summed E-state index contributed by atoms with van der Waals surface area (Å²) in [5, 5.41) is 3.11. The van der Waals surface area contributed by atoms with Gasteiger partial charge in [0, 0.05) is 16.6 Å². The molecule has 2 fully saturated rings. The van der Waals surface area contributed by atoms with Crippen LogP contribution < -0.4 is 5.32 Å². The van der Waals surface area contributed by atoms with Crippen LogP contribution in [0.1, 0.15) is 19.3 Å². The Morgan fingerprint density at radius 3 is 2.79 bits per heavy atom. The van der Waals surface area contributed by atoms with Crippen molar-refractivity contribution in [3.63, 3.8) is 0 Å². The lowest BCUT2D eigenvalue weighted by molar-refractivity contribution is -0.120. The predicted molar refractivity (Wildman–Crippen MR) is 80.3 cm³/mol. The van der Waals surface area contributed by atoms with Crippen LogP contribution in [0.15, 0.2) is 41.8 Å². The first-order valence-corrected chi connectivity index (χ1v) is 7.90. The highest BCUT2D eigenvalue weighted by atomic mass is 32.2. The van der Waals surface area contributed by atoms with E-state index in [-0.39, 0.29) is 11.8 Å². The van der Waals surface area contributed by atoms with E-state index in [4.69, 9.17) is 0 Å². The molecule has 0 aromatic heterocycles. The minimum Gasteiger partial charge on any atom is -0.325 e. The van der Waals surface area contributed by atoms with Gasteiger partial charge in [-0.25, -0.2) is 0 Å². The van der Waals surface area contributed by atoms with Crippen molar-refractivity contribution < 1.29 is 4.79 Å². The number of anilines is 1. The number of rotatable bonds is 5. The van der Waals surface area contributed by atoms with Crippen molar-refractivity contribution in [1.29, 1.82) is 0 Å². The van der Waals surface area contributed by atoms with Gasteiger partial charge in [-0.15, -0.1) is 18.3 Å². The smallest absolute Gasteiger partial charge is 0.227 e. The fraction of sp³-hybridized carbons (Fsp3) is 0.438. The SMILES string of the molecule is C=CCSc1ccccc1NC(=O)C1CC2CC2C1. The van der Waals surface area contributed by atoms with E-state index in [9.17, 15) is 4.79 Å². The minimum atomic E-state index is 0.207. The highest BCUT2D eigenvalue weighted by Gasteiger charge is 2.47. The summed E-state index contributed by atoms with van der Waals surface area (Å²) in [6.45, 7) is 3.73. The van der Waals surface area contributed by atoms with E-state index in [1.165, 1.54) is 6.42 Å². The summed E-state index contributed by atoms with van der Waals surface area (Å²) in [6.07, 6.45) is 5.43. The van der Waals surface area contributed by atoms with E-state index in [1.54, 1.807) is 11.8 Å². The van der Waals surface area contributed by atoms with Gasteiger partial charge >= 0.3 is 0 Å². The van der Waals surface area contributed by atoms with Crippen LogP contribution in [0, 0.1) is 17.8 Å². The first-order valence-electron chi connectivity index (χ1n) is 6.91. The Labute approximate surface area is 118 Å². The molecule has 19 heavy (non-hydrogen) atoms. The number of fused-ring (bicyclic) bond motifs is 1. The second-order valence-electron chi connectivity index (χ2n) is 5.51. The van der Waals surface area contributed by atoms with E-state index < -0.39 is 0 Å². The van der Waals surface area contributed by atoms with Crippen LogP contribution in [-0.4, -0.2) is 11.7 Å². The van der Waals surface area contributed by atoms with Crippen molar-refractivity contribution in [2.45, 2.75) is 24.2 Å². The molecule has 1 N–H and O–H groups in total. The average Bonchev–Trinajstić information content (AvgIpc) is 3.04. The minimum absolute atomic E-state index is 0.207. The Morgan fingerprint density at radius 2 is 2.05 bits per heavy atom. The van der Waals surface area contributed by atoms with Gasteiger partial charge in [0.05, 0.1) is 5.69 Å². The number of nitrogens with one attached hydrogen (secondary N) is 1. The van der Waals surface area contributed by atoms with Crippen LogP contribution in [0.3, 0.4) is 0 Å². The molecular weight excluding hydrogens is 254 g/mol. The van der Waals surface area contributed by atoms with Gasteiger partial charge in [-0.3, -0.25) is 4.79 Å². The van der Waals surface area contributed by atoms with Gasteiger partial charge in [0.1, 0.15) is 0 Å². The molecule has 0 bridgehead atoms. The van der Waals surface area contributed by atoms with Crippen LogP contribution in [0.4, 0.5) is 5.69 Å². The monoisotopic (exact) mass is 273 g/mol. The molecule has 0 spiro atoms. The third-order valence-electron chi connectivity index (χ3n) is 4.12. The molecule has 0 saturated heterocycles. The molecule has 0 radical (unpaired) electrons. The van der Waals surface area contributed by atoms with Crippen molar-refractivity contribution in [1.82, 2.24) is 0 Å². The lowest BCUT2D eigenvalue weighted by Gasteiger charge is -2.14. The van der Waals surface area contributed by atoms with Crippen molar-refractivity contribution >= 4 is 23.4 Å². The predicted octanol–water partition coefficient (Wildman–Crippen LogP) is 3.95. The molecule has 100 valence electrons. The zero-order chi connectivity index (χ0) is 13.2. The number of hydrogen-bond acceptors (Lipinski definition) is 2. The maximum Gasteiger partial charge on any atom is 0.227 e. The van der Waals surface area contributed by atoms with Crippen LogP contribution in [-0.2, 0) is 4.79 Å². The number of thioether (sulfide) groups is 1. The van der Waals surface area contributed by atoms with Gasteiger partial charge in [-0.05, 0) is 43.2 Å². The molecular formula is C16H19NOS. The Hall–Kier alpha value is -1.22. The van der Waals surface area contributed by atoms with Gasteiger partial charge < -0.3 is 5.32 Å². The zero-order valence-electron chi connectivity index (χ0n) is 11.0. The second kappa shape index (κ2) is 5.41. The summed E-state index contributed by atoms with van der Waals surface area (Å²) in [6, 6.07) is 8.01. The van der Waals surface area contributed by atoms with Crippen LogP contribution in [0.2, 0.25) is 0 Å².